The number of nitrogens with one attached hydrogen (secondary N) is 3. The number of nitrogens with zero attached hydrogens (tertiary/aromatic N) is 4. The van der Waals surface area contributed by atoms with Crippen LogP contribution in [0.5, 0.6) is 5.75 Å². The summed E-state index contributed by atoms with van der Waals surface area (Å²) in [6.45, 7) is 11.7. The highest BCUT2D eigenvalue weighted by molar-refractivity contribution is 6.31. The van der Waals surface area contributed by atoms with E-state index in [1.54, 1.807) is 35.4 Å². The van der Waals surface area contributed by atoms with Gasteiger partial charge in [-0.1, -0.05) is 51.4 Å². The first-order chi connectivity index (χ1) is 25.8. The Kier molecular flexibility index (Phi) is 10.1. The molecule has 4 aliphatic rings. The minimum absolute atomic E-state index is 0.177. The lowest BCUT2D eigenvalue weighted by Gasteiger charge is -2.63. The van der Waals surface area contributed by atoms with Gasteiger partial charge in [-0.3, -0.25) is 24.5 Å². The Balaban J connectivity index is 1.09. The number of hydrogen-bond donors (Lipinski definition) is 3. The maximum Gasteiger partial charge on any atom is 0.255 e. The molecular weight excluding hydrogens is 706 g/mol. The number of benzene rings is 2. The predicted octanol–water partition coefficient (Wildman–Crippen LogP) is 4.56. The van der Waals surface area contributed by atoms with Gasteiger partial charge in [0.1, 0.15) is 29.8 Å². The summed E-state index contributed by atoms with van der Waals surface area (Å²) in [6, 6.07) is 13.9. The number of aryl methyl sites for hydroxylation is 2. The van der Waals surface area contributed by atoms with Crippen LogP contribution >= 0.6 is 11.6 Å². The molecule has 282 valence electrons. The van der Waals surface area contributed by atoms with Crippen LogP contribution < -0.4 is 25.6 Å². The van der Waals surface area contributed by atoms with Crippen molar-refractivity contribution < 1.29 is 23.9 Å². The van der Waals surface area contributed by atoms with E-state index in [2.05, 4.69) is 54.6 Å². The molecule has 1 unspecified atom stereocenters. The number of anilines is 1. The third kappa shape index (κ3) is 6.80. The highest BCUT2D eigenvalue weighted by Gasteiger charge is 2.64. The fourth-order valence-electron chi connectivity index (χ4n) is 9.21. The standard InChI is InChI=1S/C41H46ClN7O5/c1-40(2)38(41(3,4)39(40)54-27-12-11-26(22-43)30(42)21-27)47-36(52)33-25(15-16-45-34(33)48-19-17-44-18-20-48)9-5-7-24-8-6-10-28-29(24)23-49(37(28)53)31-13-14-32(50)46-35(31)51/h6,8,10-12,15-16,21,31,38-39,44H,5,7,9,13-14,17-20,23H2,1-4H3,(H,47,52)(H,46,50,51). The molecule has 54 heavy (non-hydrogen) atoms. The van der Waals surface area contributed by atoms with E-state index in [-0.39, 0.29) is 36.3 Å². The molecule has 0 spiro atoms. The largest absolute Gasteiger partial charge is 0.489 e. The molecule has 3 N–H and O–H groups in total. The molecule has 2 aromatic carbocycles. The third-order valence-electron chi connectivity index (χ3n) is 11.7. The van der Waals surface area contributed by atoms with Gasteiger partial charge in [0.05, 0.1) is 16.1 Å². The fourth-order valence-corrected chi connectivity index (χ4v) is 9.43. The van der Waals surface area contributed by atoms with Crippen molar-refractivity contribution >= 4 is 41.0 Å². The Hall–Kier alpha value is -4.99. The Morgan fingerprint density at radius 1 is 1.06 bits per heavy atom. The molecule has 3 fully saturated rings. The van der Waals surface area contributed by atoms with Crippen LogP contribution in [0.2, 0.25) is 5.02 Å². The molecule has 3 aromatic rings. The number of ether oxygens (including phenoxy) is 1. The number of amides is 4. The summed E-state index contributed by atoms with van der Waals surface area (Å²) in [5.74, 6) is 0.143. The fraction of sp³-hybridized carbons (Fsp3) is 0.463. The van der Waals surface area contributed by atoms with Crippen molar-refractivity contribution in [3.05, 3.63) is 87.1 Å². The summed E-state index contributed by atoms with van der Waals surface area (Å²) in [4.78, 5) is 60.9. The average molecular weight is 752 g/mol. The maximum atomic E-state index is 14.6. The number of carbonyl (C=O) groups excluding carboxylic acids is 4. The molecule has 4 heterocycles. The second-order valence-electron chi connectivity index (χ2n) is 15.9. The molecule has 1 atom stereocenters. The van der Waals surface area contributed by atoms with Gasteiger partial charge in [0.2, 0.25) is 11.8 Å². The van der Waals surface area contributed by atoms with Crippen LogP contribution in [0.1, 0.15) is 89.9 Å². The van der Waals surface area contributed by atoms with Gasteiger partial charge in [0.15, 0.2) is 0 Å². The summed E-state index contributed by atoms with van der Waals surface area (Å²) in [6.07, 6.45) is 4.07. The van der Waals surface area contributed by atoms with Crippen molar-refractivity contribution in [2.24, 2.45) is 10.8 Å². The van der Waals surface area contributed by atoms with Gasteiger partial charge in [-0.05, 0) is 66.6 Å². The van der Waals surface area contributed by atoms with Crippen molar-refractivity contribution in [2.75, 3.05) is 31.1 Å². The summed E-state index contributed by atoms with van der Waals surface area (Å²) in [5.41, 5.74) is 3.52. The zero-order valence-electron chi connectivity index (χ0n) is 31.1. The van der Waals surface area contributed by atoms with Crippen LogP contribution in [0.3, 0.4) is 0 Å². The predicted molar refractivity (Wildman–Crippen MR) is 203 cm³/mol. The Bertz CT molecular complexity index is 2040. The summed E-state index contributed by atoms with van der Waals surface area (Å²) < 4.78 is 6.48. The minimum atomic E-state index is -0.668. The normalized spacial score (nSPS) is 22.9. The Morgan fingerprint density at radius 3 is 2.50 bits per heavy atom. The van der Waals surface area contributed by atoms with Crippen molar-refractivity contribution in [1.82, 2.24) is 25.8 Å². The molecule has 3 aliphatic heterocycles. The molecular formula is C41H46ClN7O5. The zero-order valence-corrected chi connectivity index (χ0v) is 31.9. The second-order valence-corrected chi connectivity index (χ2v) is 16.3. The van der Waals surface area contributed by atoms with Crippen LogP contribution in [-0.4, -0.2) is 77.9 Å². The first kappa shape index (κ1) is 37.3. The molecule has 1 aromatic heterocycles. The van der Waals surface area contributed by atoms with E-state index in [1.165, 1.54) is 0 Å². The van der Waals surface area contributed by atoms with E-state index >= 15 is 0 Å². The van der Waals surface area contributed by atoms with E-state index in [0.717, 1.165) is 49.3 Å². The molecule has 0 bridgehead atoms. The number of rotatable bonds is 10. The van der Waals surface area contributed by atoms with Crippen LogP contribution in [0.4, 0.5) is 5.82 Å². The van der Waals surface area contributed by atoms with Gasteiger partial charge < -0.3 is 25.2 Å². The first-order valence-electron chi connectivity index (χ1n) is 18.7. The van der Waals surface area contributed by atoms with E-state index in [9.17, 15) is 24.4 Å². The van der Waals surface area contributed by atoms with Crippen LogP contribution in [0.15, 0.2) is 48.7 Å². The van der Waals surface area contributed by atoms with Gasteiger partial charge >= 0.3 is 0 Å². The lowest BCUT2D eigenvalue weighted by atomic mass is 9.49. The number of imide groups is 1. The maximum absolute atomic E-state index is 14.6. The Labute approximate surface area is 320 Å². The summed E-state index contributed by atoms with van der Waals surface area (Å²) >= 11 is 6.31. The van der Waals surface area contributed by atoms with Crippen molar-refractivity contribution in [3.8, 4) is 11.8 Å². The lowest BCUT2D eigenvalue weighted by molar-refractivity contribution is -0.164. The van der Waals surface area contributed by atoms with Crippen molar-refractivity contribution in [2.45, 2.75) is 84.5 Å². The minimum Gasteiger partial charge on any atom is -0.489 e. The second kappa shape index (κ2) is 14.7. The molecule has 2 saturated heterocycles. The highest BCUT2D eigenvalue weighted by Crippen LogP contribution is 2.55. The van der Waals surface area contributed by atoms with E-state index in [0.29, 0.717) is 59.1 Å². The molecule has 12 nitrogen and oxygen atoms in total. The smallest absolute Gasteiger partial charge is 0.255 e. The van der Waals surface area contributed by atoms with E-state index in [1.807, 2.05) is 18.2 Å². The lowest BCUT2D eigenvalue weighted by Crippen LogP contribution is -2.74. The number of hydrogen-bond acceptors (Lipinski definition) is 9. The number of carbonyl (C=O) groups is 4. The number of piperazine rings is 1. The van der Waals surface area contributed by atoms with Crippen molar-refractivity contribution in [3.63, 3.8) is 0 Å². The van der Waals surface area contributed by atoms with Crippen LogP contribution in [-0.2, 0) is 29.0 Å². The van der Waals surface area contributed by atoms with E-state index < -0.39 is 22.8 Å². The van der Waals surface area contributed by atoms with Gasteiger partial charge in [-0.2, -0.15) is 5.26 Å². The SMILES string of the molecule is CC1(C)C(NC(=O)c2c(CCCc3cccc4c3CN(C3CCC(=O)NC3=O)C4=O)ccnc2N2CCNCC2)C(C)(C)C1Oc1ccc(C#N)c(Cl)c1. The monoisotopic (exact) mass is 751 g/mol. The molecule has 1 aliphatic carbocycles. The average Bonchev–Trinajstić information content (AvgIpc) is 3.49. The number of aromatic nitrogens is 1. The molecule has 13 heteroatoms. The molecule has 0 radical (unpaired) electrons. The topological polar surface area (TPSA) is 157 Å². The number of halogens is 1. The Morgan fingerprint density at radius 2 is 1.80 bits per heavy atom. The quantitative estimate of drug-likeness (QED) is 0.253. The number of nitriles is 1. The van der Waals surface area contributed by atoms with Gasteiger partial charge in [0.25, 0.3) is 11.8 Å². The molecule has 1 saturated carbocycles. The zero-order chi connectivity index (χ0) is 38.4. The van der Waals surface area contributed by atoms with Crippen molar-refractivity contribution in [1.29, 1.82) is 5.26 Å². The van der Waals surface area contributed by atoms with Gasteiger partial charge in [-0.25, -0.2) is 4.98 Å². The highest BCUT2D eigenvalue weighted by atomic mass is 35.5. The van der Waals surface area contributed by atoms with E-state index in [4.69, 9.17) is 21.3 Å². The molecule has 4 amide bonds. The van der Waals surface area contributed by atoms with Gasteiger partial charge in [0, 0.05) is 73.8 Å². The number of pyridine rings is 1. The summed E-state index contributed by atoms with van der Waals surface area (Å²) in [7, 11) is 0. The number of piperidine rings is 1. The number of fused-ring (bicyclic) bond motifs is 1. The first-order valence-corrected chi connectivity index (χ1v) is 19.0. The van der Waals surface area contributed by atoms with Gasteiger partial charge in [-0.15, -0.1) is 0 Å². The third-order valence-corrected chi connectivity index (χ3v) is 12.0. The van der Waals surface area contributed by atoms with Crippen LogP contribution in [0, 0.1) is 22.2 Å². The molecule has 7 rings (SSSR count). The van der Waals surface area contributed by atoms with Crippen LogP contribution in [0.25, 0.3) is 0 Å². The summed E-state index contributed by atoms with van der Waals surface area (Å²) in [5, 5.41) is 18.8.